The number of piperazine rings is 1. The Bertz CT molecular complexity index is 790. The molecule has 7 nitrogen and oxygen atoms in total. The van der Waals surface area contributed by atoms with E-state index in [4.69, 9.17) is 0 Å². The summed E-state index contributed by atoms with van der Waals surface area (Å²) in [6.07, 6.45) is 3.45. The van der Waals surface area contributed by atoms with Gasteiger partial charge in [-0.2, -0.15) is 0 Å². The van der Waals surface area contributed by atoms with Crippen LogP contribution in [-0.2, 0) is 6.54 Å². The zero-order valence-corrected chi connectivity index (χ0v) is 19.0. The molecule has 0 unspecified atom stereocenters. The van der Waals surface area contributed by atoms with Crippen molar-refractivity contribution in [2.24, 2.45) is 4.99 Å². The van der Waals surface area contributed by atoms with E-state index in [1.54, 1.807) is 0 Å². The number of guanidine groups is 1. The van der Waals surface area contributed by atoms with Gasteiger partial charge in [0.1, 0.15) is 5.82 Å². The third-order valence-electron chi connectivity index (χ3n) is 6.03. The van der Waals surface area contributed by atoms with Crippen LogP contribution < -0.4 is 10.6 Å². The molecule has 0 amide bonds. The van der Waals surface area contributed by atoms with Crippen molar-refractivity contribution in [3.05, 3.63) is 30.1 Å². The molecule has 1 aliphatic rings. The van der Waals surface area contributed by atoms with Crippen LogP contribution in [0.2, 0.25) is 0 Å². The third-order valence-corrected chi connectivity index (χ3v) is 6.03. The van der Waals surface area contributed by atoms with Crippen LogP contribution in [0.5, 0.6) is 0 Å². The number of aromatic nitrogens is 2. The first kappa shape index (κ1) is 22.6. The number of hydrogen-bond donors (Lipinski definition) is 2. The lowest BCUT2D eigenvalue weighted by Crippen LogP contribution is -2.46. The van der Waals surface area contributed by atoms with E-state index < -0.39 is 0 Å². The Hall–Kier alpha value is -2.12. The van der Waals surface area contributed by atoms with Gasteiger partial charge >= 0.3 is 0 Å². The average molecular weight is 414 g/mol. The number of fused-ring (bicyclic) bond motifs is 1. The van der Waals surface area contributed by atoms with Crippen molar-refractivity contribution in [1.82, 2.24) is 30.0 Å². The minimum atomic E-state index is 0.896. The number of nitrogens with zero attached hydrogens (tertiary/aromatic N) is 5. The van der Waals surface area contributed by atoms with Crippen LogP contribution in [0.4, 0.5) is 0 Å². The zero-order chi connectivity index (χ0) is 21.2. The van der Waals surface area contributed by atoms with Gasteiger partial charge in [-0.3, -0.25) is 4.99 Å². The Kier molecular flexibility index (Phi) is 8.96. The van der Waals surface area contributed by atoms with Crippen LogP contribution in [0.1, 0.15) is 32.0 Å². The van der Waals surface area contributed by atoms with E-state index in [-0.39, 0.29) is 0 Å². The maximum atomic E-state index is 4.64. The summed E-state index contributed by atoms with van der Waals surface area (Å²) in [7, 11) is 1.84. The third kappa shape index (κ3) is 6.44. The smallest absolute Gasteiger partial charge is 0.190 e. The molecule has 7 heteroatoms. The molecule has 0 bridgehead atoms. The Labute approximate surface area is 181 Å². The van der Waals surface area contributed by atoms with E-state index >= 15 is 0 Å². The molecule has 0 aliphatic carbocycles. The molecule has 0 atom stereocenters. The Morgan fingerprint density at radius 2 is 1.67 bits per heavy atom. The molecule has 1 fully saturated rings. The van der Waals surface area contributed by atoms with Crippen LogP contribution in [0.25, 0.3) is 11.0 Å². The summed E-state index contributed by atoms with van der Waals surface area (Å²) in [5.74, 6) is 1.98. The van der Waals surface area contributed by atoms with Crippen molar-refractivity contribution in [1.29, 1.82) is 0 Å². The van der Waals surface area contributed by atoms with E-state index in [0.29, 0.717) is 0 Å². The van der Waals surface area contributed by atoms with Crippen LogP contribution in [0.15, 0.2) is 29.3 Å². The SMILES string of the molecule is CCN1CCN(CCCCNC(=NC)NCCCn2c(C)nc3ccccc32)CC1. The Morgan fingerprint density at radius 3 is 2.40 bits per heavy atom. The number of para-hydroxylation sites is 2. The van der Waals surface area contributed by atoms with Gasteiger partial charge in [-0.15, -0.1) is 0 Å². The molecule has 166 valence electrons. The lowest BCUT2D eigenvalue weighted by Gasteiger charge is -2.34. The van der Waals surface area contributed by atoms with Gasteiger partial charge in [-0.05, 0) is 51.4 Å². The summed E-state index contributed by atoms with van der Waals surface area (Å²) in [4.78, 5) is 14.1. The largest absolute Gasteiger partial charge is 0.356 e. The predicted molar refractivity (Wildman–Crippen MR) is 126 cm³/mol. The van der Waals surface area contributed by atoms with Crippen molar-refractivity contribution in [3.63, 3.8) is 0 Å². The molecule has 30 heavy (non-hydrogen) atoms. The summed E-state index contributed by atoms with van der Waals surface area (Å²) in [5.41, 5.74) is 2.29. The maximum absolute atomic E-state index is 4.64. The van der Waals surface area contributed by atoms with Gasteiger partial charge in [0.2, 0.25) is 0 Å². The molecule has 2 heterocycles. The molecule has 0 spiro atoms. The summed E-state index contributed by atoms with van der Waals surface area (Å²) < 4.78 is 2.30. The number of hydrogen-bond acceptors (Lipinski definition) is 4. The number of unbranched alkanes of at least 4 members (excludes halogenated alkanes) is 1. The van der Waals surface area contributed by atoms with Crippen molar-refractivity contribution in [3.8, 4) is 0 Å². The Balaban J connectivity index is 1.27. The fraction of sp³-hybridized carbons (Fsp3) is 0.652. The first-order valence-electron chi connectivity index (χ1n) is 11.5. The fourth-order valence-corrected chi connectivity index (χ4v) is 4.14. The van der Waals surface area contributed by atoms with Gasteiger partial charge in [-0.25, -0.2) is 4.98 Å². The molecule has 1 aliphatic heterocycles. The number of aryl methyl sites for hydroxylation is 2. The highest BCUT2D eigenvalue weighted by Crippen LogP contribution is 2.15. The fourth-order valence-electron chi connectivity index (χ4n) is 4.14. The van der Waals surface area contributed by atoms with Gasteiger partial charge in [0, 0.05) is 52.9 Å². The minimum absolute atomic E-state index is 0.896. The normalized spacial score (nSPS) is 16.3. The van der Waals surface area contributed by atoms with Crippen molar-refractivity contribution in [2.45, 2.75) is 39.7 Å². The van der Waals surface area contributed by atoms with Crippen molar-refractivity contribution >= 4 is 17.0 Å². The monoisotopic (exact) mass is 413 g/mol. The van der Waals surface area contributed by atoms with Crippen LogP contribution in [-0.4, -0.2) is 84.7 Å². The number of benzene rings is 1. The first-order valence-corrected chi connectivity index (χ1v) is 11.5. The number of likely N-dealkylation sites (N-methyl/N-ethyl adjacent to an activating group) is 1. The minimum Gasteiger partial charge on any atom is -0.356 e. The summed E-state index contributed by atoms with van der Waals surface area (Å²) in [6, 6.07) is 8.35. The number of nitrogens with one attached hydrogen (secondary N) is 2. The standard InChI is InChI=1S/C23H39N7/c1-4-28-16-18-29(19-17-28)14-8-7-12-25-23(24-3)26-13-9-15-30-20(2)27-21-10-5-6-11-22(21)30/h5-6,10-11H,4,7-9,12-19H2,1-3H3,(H2,24,25,26). The van der Waals surface area contributed by atoms with E-state index in [2.05, 4.69) is 67.0 Å². The van der Waals surface area contributed by atoms with Crippen LogP contribution in [0.3, 0.4) is 0 Å². The second-order valence-electron chi connectivity index (χ2n) is 8.06. The number of rotatable bonds is 10. The number of aliphatic imine (C=N–C) groups is 1. The zero-order valence-electron chi connectivity index (χ0n) is 19.0. The first-order chi connectivity index (χ1) is 14.7. The van der Waals surface area contributed by atoms with Gasteiger partial charge < -0.3 is 25.0 Å². The van der Waals surface area contributed by atoms with Gasteiger partial charge in [0.05, 0.1) is 11.0 Å². The second-order valence-corrected chi connectivity index (χ2v) is 8.06. The number of imidazole rings is 1. The van der Waals surface area contributed by atoms with Gasteiger partial charge in [-0.1, -0.05) is 19.1 Å². The lowest BCUT2D eigenvalue weighted by atomic mass is 10.2. The molecule has 1 aromatic heterocycles. The van der Waals surface area contributed by atoms with E-state index in [1.807, 2.05) is 13.1 Å². The van der Waals surface area contributed by atoms with Gasteiger partial charge in [0.15, 0.2) is 5.96 Å². The predicted octanol–water partition coefficient (Wildman–Crippen LogP) is 2.32. The molecular formula is C23H39N7. The molecule has 0 radical (unpaired) electrons. The van der Waals surface area contributed by atoms with E-state index in [0.717, 1.165) is 43.4 Å². The lowest BCUT2D eigenvalue weighted by molar-refractivity contribution is 0.136. The molecule has 3 rings (SSSR count). The van der Waals surface area contributed by atoms with Gasteiger partial charge in [0.25, 0.3) is 0 Å². The molecular weight excluding hydrogens is 374 g/mol. The van der Waals surface area contributed by atoms with E-state index in [9.17, 15) is 0 Å². The van der Waals surface area contributed by atoms with Crippen LogP contribution >= 0.6 is 0 Å². The highest BCUT2D eigenvalue weighted by atomic mass is 15.3. The highest BCUT2D eigenvalue weighted by Gasteiger charge is 2.14. The summed E-state index contributed by atoms with van der Waals surface area (Å²) >= 11 is 0. The molecule has 2 aromatic rings. The summed E-state index contributed by atoms with van der Waals surface area (Å²) in [6.45, 7) is 14.4. The molecule has 1 saturated heterocycles. The average Bonchev–Trinajstić information content (AvgIpc) is 3.10. The summed E-state index contributed by atoms with van der Waals surface area (Å²) in [5, 5.41) is 6.89. The second kappa shape index (κ2) is 11.9. The van der Waals surface area contributed by atoms with Crippen LogP contribution in [0, 0.1) is 6.92 Å². The maximum Gasteiger partial charge on any atom is 0.190 e. The van der Waals surface area contributed by atoms with E-state index in [1.165, 1.54) is 57.6 Å². The van der Waals surface area contributed by atoms with Crippen molar-refractivity contribution < 1.29 is 0 Å². The van der Waals surface area contributed by atoms with Crippen molar-refractivity contribution in [2.75, 3.05) is 59.4 Å². The molecule has 2 N–H and O–H groups in total. The molecule has 1 aromatic carbocycles. The highest BCUT2D eigenvalue weighted by molar-refractivity contribution is 5.79. The topological polar surface area (TPSA) is 60.7 Å². The Morgan fingerprint density at radius 1 is 0.967 bits per heavy atom. The quantitative estimate of drug-likeness (QED) is 0.356. The molecule has 0 saturated carbocycles.